The average molecular weight is 473 g/mol. The summed E-state index contributed by atoms with van der Waals surface area (Å²) in [6.45, 7) is 5.80. The van der Waals surface area contributed by atoms with E-state index in [1.165, 1.54) is 5.56 Å². The number of ether oxygens (including phenoxy) is 2. The van der Waals surface area contributed by atoms with Crippen molar-refractivity contribution in [2.45, 2.75) is 51.4 Å². The van der Waals surface area contributed by atoms with Crippen molar-refractivity contribution in [1.29, 1.82) is 0 Å². The van der Waals surface area contributed by atoms with Gasteiger partial charge in [0.25, 0.3) is 0 Å². The Labute approximate surface area is 206 Å². The topological polar surface area (TPSA) is 71.0 Å². The van der Waals surface area contributed by atoms with Crippen molar-refractivity contribution in [3.63, 3.8) is 0 Å². The number of rotatable bonds is 6. The van der Waals surface area contributed by atoms with E-state index in [2.05, 4.69) is 47.5 Å². The Morgan fingerprint density at radius 2 is 1.80 bits per heavy atom. The van der Waals surface area contributed by atoms with Gasteiger partial charge in [0, 0.05) is 19.1 Å². The number of likely N-dealkylation sites (N-methyl/N-ethyl adjacent to an activating group) is 1. The first kappa shape index (κ1) is 23.2. The van der Waals surface area contributed by atoms with E-state index < -0.39 is 0 Å². The molecule has 182 valence electrons. The van der Waals surface area contributed by atoms with Gasteiger partial charge >= 0.3 is 0 Å². The third-order valence-corrected chi connectivity index (χ3v) is 6.98. The zero-order chi connectivity index (χ0) is 24.4. The molecule has 2 N–H and O–H groups in total. The van der Waals surface area contributed by atoms with E-state index >= 15 is 0 Å². The van der Waals surface area contributed by atoms with Gasteiger partial charge in [0.15, 0.2) is 17.6 Å². The lowest BCUT2D eigenvalue weighted by Crippen LogP contribution is -2.51. The fourth-order valence-corrected chi connectivity index (χ4v) is 5.22. The standard InChI is InChI=1S/C29H32N2O4/c1-3-24(19-8-6-5-7-9-19)31-17-22-16-27-26(15-21(22)14-25(31)29(33)30-4-2)34-18-28(35-27)20-10-12-23(32)13-11-20/h5-13,15-16,24-25,28,32H,3-4,14,17-18H2,1-2H3,(H,30,33). The third kappa shape index (κ3) is 4.71. The van der Waals surface area contributed by atoms with Crippen molar-refractivity contribution in [2.75, 3.05) is 13.2 Å². The Kier molecular flexibility index (Phi) is 6.64. The lowest BCUT2D eigenvalue weighted by molar-refractivity contribution is -0.128. The van der Waals surface area contributed by atoms with E-state index in [1.54, 1.807) is 12.1 Å². The molecule has 3 atom stereocenters. The van der Waals surface area contributed by atoms with Crippen LogP contribution < -0.4 is 14.8 Å². The highest BCUT2D eigenvalue weighted by molar-refractivity contribution is 5.82. The first-order valence-electron chi connectivity index (χ1n) is 12.4. The quantitative estimate of drug-likeness (QED) is 0.533. The number of nitrogens with zero attached hydrogens (tertiary/aromatic N) is 1. The van der Waals surface area contributed by atoms with Crippen molar-refractivity contribution >= 4 is 5.91 Å². The number of phenols is 1. The van der Waals surface area contributed by atoms with Crippen LogP contribution in [0, 0.1) is 0 Å². The van der Waals surface area contributed by atoms with Crippen LogP contribution in [0.1, 0.15) is 54.7 Å². The summed E-state index contributed by atoms with van der Waals surface area (Å²) in [6.07, 6.45) is 1.29. The molecule has 0 radical (unpaired) electrons. The number of hydrogen-bond donors (Lipinski definition) is 2. The Morgan fingerprint density at radius 1 is 1.06 bits per heavy atom. The van der Waals surface area contributed by atoms with Gasteiger partial charge in [-0.05, 0) is 66.3 Å². The number of nitrogens with one attached hydrogen (secondary N) is 1. The molecule has 0 spiro atoms. The SMILES string of the molecule is CCNC(=O)C1Cc2cc3c(cc2CN1C(CC)c1ccccc1)OC(c1ccc(O)cc1)CO3. The maximum atomic E-state index is 13.2. The fraction of sp³-hybridized carbons (Fsp3) is 0.345. The molecule has 2 heterocycles. The molecule has 0 saturated heterocycles. The number of fused-ring (bicyclic) bond motifs is 2. The molecule has 0 aliphatic carbocycles. The van der Waals surface area contributed by atoms with Gasteiger partial charge < -0.3 is 19.9 Å². The minimum Gasteiger partial charge on any atom is -0.508 e. The van der Waals surface area contributed by atoms with Gasteiger partial charge in [-0.15, -0.1) is 0 Å². The monoisotopic (exact) mass is 472 g/mol. The highest BCUT2D eigenvalue weighted by Gasteiger charge is 2.37. The van der Waals surface area contributed by atoms with Gasteiger partial charge in [-0.1, -0.05) is 49.4 Å². The summed E-state index contributed by atoms with van der Waals surface area (Å²) in [6, 6.07) is 21.5. The molecule has 0 fully saturated rings. The minimum absolute atomic E-state index is 0.0646. The van der Waals surface area contributed by atoms with Crippen LogP contribution in [0.3, 0.4) is 0 Å². The van der Waals surface area contributed by atoms with E-state index in [4.69, 9.17) is 9.47 Å². The molecule has 6 nitrogen and oxygen atoms in total. The second-order valence-corrected chi connectivity index (χ2v) is 9.20. The Hall–Kier alpha value is -3.51. The van der Waals surface area contributed by atoms with Crippen LogP contribution in [-0.4, -0.2) is 35.1 Å². The molecule has 3 aromatic rings. The summed E-state index contributed by atoms with van der Waals surface area (Å²) in [5.41, 5.74) is 4.47. The zero-order valence-corrected chi connectivity index (χ0v) is 20.2. The summed E-state index contributed by atoms with van der Waals surface area (Å²) in [4.78, 5) is 15.5. The maximum absolute atomic E-state index is 13.2. The molecule has 3 aromatic carbocycles. The lowest BCUT2D eigenvalue weighted by Gasteiger charge is -2.41. The maximum Gasteiger partial charge on any atom is 0.237 e. The second kappa shape index (κ2) is 10.0. The van der Waals surface area contributed by atoms with Gasteiger partial charge in [0.05, 0.1) is 6.04 Å². The van der Waals surface area contributed by atoms with Crippen molar-refractivity contribution in [1.82, 2.24) is 10.2 Å². The third-order valence-electron chi connectivity index (χ3n) is 6.98. The van der Waals surface area contributed by atoms with Gasteiger partial charge in [-0.3, -0.25) is 9.69 Å². The van der Waals surface area contributed by atoms with E-state index in [1.807, 2.05) is 31.2 Å². The minimum atomic E-state index is -0.250. The highest BCUT2D eigenvalue weighted by Crippen LogP contribution is 2.42. The smallest absolute Gasteiger partial charge is 0.237 e. The number of aromatic hydroxyl groups is 1. The van der Waals surface area contributed by atoms with Crippen molar-refractivity contribution in [3.8, 4) is 17.2 Å². The molecule has 2 aliphatic heterocycles. The Bertz CT molecular complexity index is 1180. The molecule has 2 aliphatic rings. The number of phenolic OH excluding ortho intramolecular Hbond substituents is 1. The zero-order valence-electron chi connectivity index (χ0n) is 20.2. The van der Waals surface area contributed by atoms with Gasteiger partial charge in [0.2, 0.25) is 5.91 Å². The van der Waals surface area contributed by atoms with E-state index in [0.29, 0.717) is 26.1 Å². The normalized spacial score (nSPS) is 20.1. The van der Waals surface area contributed by atoms with Crippen LogP contribution in [0.15, 0.2) is 66.7 Å². The van der Waals surface area contributed by atoms with Crippen LogP contribution in [0.5, 0.6) is 17.2 Å². The summed E-state index contributed by atoms with van der Waals surface area (Å²) in [7, 11) is 0. The average Bonchev–Trinajstić information content (AvgIpc) is 2.88. The second-order valence-electron chi connectivity index (χ2n) is 9.20. The predicted molar refractivity (Wildman–Crippen MR) is 135 cm³/mol. The van der Waals surface area contributed by atoms with Gasteiger partial charge in [-0.2, -0.15) is 0 Å². The summed E-state index contributed by atoms with van der Waals surface area (Å²) in [5.74, 6) is 1.73. The molecule has 35 heavy (non-hydrogen) atoms. The van der Waals surface area contributed by atoms with Crippen molar-refractivity contribution < 1.29 is 19.4 Å². The molecule has 0 aromatic heterocycles. The van der Waals surface area contributed by atoms with Crippen LogP contribution in [0.2, 0.25) is 0 Å². The number of carbonyl (C=O) groups is 1. The molecule has 5 rings (SSSR count). The number of benzene rings is 3. The molecule has 0 saturated carbocycles. The molecular formula is C29H32N2O4. The largest absolute Gasteiger partial charge is 0.508 e. The molecule has 6 heteroatoms. The van der Waals surface area contributed by atoms with Crippen LogP contribution in [-0.2, 0) is 17.8 Å². The summed E-state index contributed by atoms with van der Waals surface area (Å²) < 4.78 is 12.4. The molecule has 3 unspecified atom stereocenters. The molecule has 0 bridgehead atoms. The first-order chi connectivity index (χ1) is 17.1. The number of carbonyl (C=O) groups excluding carboxylic acids is 1. The predicted octanol–water partition coefficient (Wildman–Crippen LogP) is 4.92. The van der Waals surface area contributed by atoms with Crippen molar-refractivity contribution in [3.05, 3.63) is 89.0 Å². The van der Waals surface area contributed by atoms with Crippen molar-refractivity contribution in [2.24, 2.45) is 0 Å². The number of hydrogen-bond acceptors (Lipinski definition) is 5. The highest BCUT2D eigenvalue weighted by atomic mass is 16.6. The van der Waals surface area contributed by atoms with Gasteiger partial charge in [-0.25, -0.2) is 0 Å². The lowest BCUT2D eigenvalue weighted by atomic mass is 9.89. The van der Waals surface area contributed by atoms with Crippen LogP contribution >= 0.6 is 0 Å². The van der Waals surface area contributed by atoms with E-state index in [0.717, 1.165) is 34.6 Å². The van der Waals surface area contributed by atoms with E-state index in [-0.39, 0.29) is 29.8 Å². The fourth-order valence-electron chi connectivity index (χ4n) is 5.22. The van der Waals surface area contributed by atoms with Crippen LogP contribution in [0.4, 0.5) is 0 Å². The van der Waals surface area contributed by atoms with E-state index in [9.17, 15) is 9.90 Å². The van der Waals surface area contributed by atoms with Gasteiger partial charge in [0.1, 0.15) is 12.4 Å². The summed E-state index contributed by atoms with van der Waals surface area (Å²) in [5, 5.41) is 12.6. The summed E-state index contributed by atoms with van der Waals surface area (Å²) >= 11 is 0. The molecule has 1 amide bonds. The number of amides is 1. The Balaban J connectivity index is 1.46. The molecular weight excluding hydrogens is 440 g/mol. The first-order valence-corrected chi connectivity index (χ1v) is 12.4. The Morgan fingerprint density at radius 3 is 2.51 bits per heavy atom. The van der Waals surface area contributed by atoms with Crippen LogP contribution in [0.25, 0.3) is 0 Å².